The number of aromatic hydroxyl groups is 1. The molecular formula is C10H15NO3. The summed E-state index contributed by atoms with van der Waals surface area (Å²) in [6.07, 6.45) is 0.761. The van der Waals surface area contributed by atoms with Crippen LogP contribution in [-0.2, 0) is 13.5 Å². The lowest BCUT2D eigenvalue weighted by atomic mass is 10.1. The molecule has 1 heterocycles. The predicted octanol–water partition coefficient (Wildman–Crippen LogP) is 1.63. The first-order valence-electron chi connectivity index (χ1n) is 4.54. The fraction of sp³-hybridized carbons (Fsp3) is 0.500. The van der Waals surface area contributed by atoms with E-state index in [1.165, 1.54) is 10.6 Å². The maximum atomic E-state index is 10.8. The predicted molar refractivity (Wildman–Crippen MR) is 52.6 cm³/mol. The second kappa shape index (κ2) is 3.74. The summed E-state index contributed by atoms with van der Waals surface area (Å²) >= 11 is 0. The molecule has 1 rings (SSSR count). The highest BCUT2D eigenvalue weighted by Gasteiger charge is 2.18. The normalized spacial score (nSPS) is 10.9. The average molecular weight is 197 g/mol. The number of aromatic nitrogens is 1. The van der Waals surface area contributed by atoms with Crippen molar-refractivity contribution in [2.45, 2.75) is 20.3 Å². The van der Waals surface area contributed by atoms with Gasteiger partial charge < -0.3 is 14.8 Å². The van der Waals surface area contributed by atoms with Crippen molar-refractivity contribution in [1.29, 1.82) is 0 Å². The molecule has 0 saturated carbocycles. The van der Waals surface area contributed by atoms with Gasteiger partial charge in [0.1, 0.15) is 5.75 Å². The summed E-state index contributed by atoms with van der Waals surface area (Å²) < 4.78 is 1.53. The molecule has 0 saturated heterocycles. The van der Waals surface area contributed by atoms with Gasteiger partial charge in [-0.05, 0) is 12.3 Å². The monoisotopic (exact) mass is 197 g/mol. The standard InChI is InChI=1S/C10H15NO3/c1-6(2)4-7-5-8(12)9(10(13)14)11(7)3/h5-6,12H,4H2,1-3H3,(H,13,14). The minimum Gasteiger partial charge on any atom is -0.505 e. The zero-order valence-electron chi connectivity index (χ0n) is 8.61. The van der Waals surface area contributed by atoms with Crippen molar-refractivity contribution in [3.05, 3.63) is 17.5 Å². The zero-order valence-corrected chi connectivity index (χ0v) is 8.61. The largest absolute Gasteiger partial charge is 0.505 e. The molecule has 78 valence electrons. The Morgan fingerprint density at radius 3 is 2.50 bits per heavy atom. The molecule has 1 aromatic heterocycles. The maximum absolute atomic E-state index is 10.8. The lowest BCUT2D eigenvalue weighted by molar-refractivity contribution is 0.0683. The van der Waals surface area contributed by atoms with Gasteiger partial charge in [0.2, 0.25) is 0 Å². The number of rotatable bonds is 3. The fourth-order valence-electron chi connectivity index (χ4n) is 1.51. The van der Waals surface area contributed by atoms with Gasteiger partial charge in [-0.15, -0.1) is 0 Å². The highest BCUT2D eigenvalue weighted by molar-refractivity contribution is 5.89. The topological polar surface area (TPSA) is 62.5 Å². The van der Waals surface area contributed by atoms with E-state index in [4.69, 9.17) is 5.11 Å². The minimum atomic E-state index is -1.10. The molecule has 1 aromatic rings. The first-order valence-corrected chi connectivity index (χ1v) is 4.54. The Kier molecular flexibility index (Phi) is 2.84. The lowest BCUT2D eigenvalue weighted by Crippen LogP contribution is -2.08. The summed E-state index contributed by atoms with van der Waals surface area (Å²) in [5.74, 6) is -0.819. The van der Waals surface area contributed by atoms with Crippen LogP contribution in [-0.4, -0.2) is 20.7 Å². The van der Waals surface area contributed by atoms with E-state index in [2.05, 4.69) is 0 Å². The Balaban J connectivity index is 3.10. The van der Waals surface area contributed by atoms with Crippen molar-refractivity contribution < 1.29 is 15.0 Å². The second-order valence-electron chi connectivity index (χ2n) is 3.83. The molecule has 0 aliphatic carbocycles. The quantitative estimate of drug-likeness (QED) is 0.774. The third-order valence-corrected chi connectivity index (χ3v) is 2.13. The second-order valence-corrected chi connectivity index (χ2v) is 3.83. The van der Waals surface area contributed by atoms with E-state index < -0.39 is 5.97 Å². The number of hydrogen-bond donors (Lipinski definition) is 2. The van der Waals surface area contributed by atoms with E-state index in [-0.39, 0.29) is 11.4 Å². The van der Waals surface area contributed by atoms with Crippen molar-refractivity contribution in [2.75, 3.05) is 0 Å². The smallest absolute Gasteiger partial charge is 0.356 e. The summed E-state index contributed by atoms with van der Waals surface area (Å²) in [7, 11) is 1.65. The van der Waals surface area contributed by atoms with Gasteiger partial charge in [-0.25, -0.2) is 4.79 Å². The Morgan fingerprint density at radius 2 is 2.14 bits per heavy atom. The van der Waals surface area contributed by atoms with E-state index in [1.807, 2.05) is 13.8 Å². The highest BCUT2D eigenvalue weighted by Crippen LogP contribution is 2.23. The molecule has 0 aliphatic rings. The summed E-state index contributed by atoms with van der Waals surface area (Å²) in [4.78, 5) is 10.8. The van der Waals surface area contributed by atoms with E-state index in [0.29, 0.717) is 5.92 Å². The summed E-state index contributed by atoms with van der Waals surface area (Å²) in [5.41, 5.74) is 0.801. The average Bonchev–Trinajstić information content (AvgIpc) is 2.25. The van der Waals surface area contributed by atoms with Crippen LogP contribution in [0.1, 0.15) is 30.0 Å². The van der Waals surface area contributed by atoms with Gasteiger partial charge in [0, 0.05) is 18.8 Å². The maximum Gasteiger partial charge on any atom is 0.356 e. The van der Waals surface area contributed by atoms with Crippen LogP contribution in [0.15, 0.2) is 6.07 Å². The molecular weight excluding hydrogens is 182 g/mol. The molecule has 4 nitrogen and oxygen atoms in total. The van der Waals surface area contributed by atoms with Crippen molar-refractivity contribution in [3.63, 3.8) is 0 Å². The first-order chi connectivity index (χ1) is 6.43. The summed E-state index contributed by atoms with van der Waals surface area (Å²) in [5, 5.41) is 18.2. The highest BCUT2D eigenvalue weighted by atomic mass is 16.4. The van der Waals surface area contributed by atoms with Gasteiger partial charge >= 0.3 is 5.97 Å². The molecule has 4 heteroatoms. The number of carbonyl (C=O) groups is 1. The molecule has 0 aromatic carbocycles. The molecule has 14 heavy (non-hydrogen) atoms. The van der Waals surface area contributed by atoms with Crippen LogP contribution in [0.5, 0.6) is 5.75 Å². The number of carboxylic acids is 1. The van der Waals surface area contributed by atoms with E-state index >= 15 is 0 Å². The Labute approximate surface area is 82.8 Å². The fourth-order valence-corrected chi connectivity index (χ4v) is 1.51. The molecule has 0 radical (unpaired) electrons. The van der Waals surface area contributed by atoms with E-state index in [0.717, 1.165) is 12.1 Å². The van der Waals surface area contributed by atoms with Gasteiger partial charge in [-0.3, -0.25) is 0 Å². The third kappa shape index (κ3) is 1.89. The van der Waals surface area contributed by atoms with Gasteiger partial charge in [-0.1, -0.05) is 13.8 Å². The number of aromatic carboxylic acids is 1. The van der Waals surface area contributed by atoms with Crippen LogP contribution in [0.2, 0.25) is 0 Å². The van der Waals surface area contributed by atoms with Crippen LogP contribution in [0.4, 0.5) is 0 Å². The van der Waals surface area contributed by atoms with Crippen LogP contribution < -0.4 is 0 Å². The van der Waals surface area contributed by atoms with Crippen molar-refractivity contribution in [1.82, 2.24) is 4.57 Å². The van der Waals surface area contributed by atoms with Gasteiger partial charge in [-0.2, -0.15) is 0 Å². The Morgan fingerprint density at radius 1 is 1.57 bits per heavy atom. The van der Waals surface area contributed by atoms with Gasteiger partial charge in [0.05, 0.1) is 0 Å². The van der Waals surface area contributed by atoms with Crippen molar-refractivity contribution in [2.24, 2.45) is 13.0 Å². The summed E-state index contributed by atoms with van der Waals surface area (Å²) in [6.45, 7) is 4.09. The van der Waals surface area contributed by atoms with Gasteiger partial charge in [0.25, 0.3) is 0 Å². The molecule has 0 aliphatic heterocycles. The number of hydrogen-bond acceptors (Lipinski definition) is 2. The van der Waals surface area contributed by atoms with Crippen LogP contribution in [0.3, 0.4) is 0 Å². The molecule has 0 bridgehead atoms. The van der Waals surface area contributed by atoms with Crippen LogP contribution in [0, 0.1) is 5.92 Å². The molecule has 0 atom stereocenters. The first kappa shape index (κ1) is 10.6. The molecule has 0 amide bonds. The van der Waals surface area contributed by atoms with Crippen molar-refractivity contribution >= 4 is 5.97 Å². The van der Waals surface area contributed by atoms with Crippen LogP contribution in [0.25, 0.3) is 0 Å². The van der Waals surface area contributed by atoms with Crippen LogP contribution >= 0.6 is 0 Å². The lowest BCUT2D eigenvalue weighted by Gasteiger charge is -2.06. The molecule has 0 unspecified atom stereocenters. The van der Waals surface area contributed by atoms with Gasteiger partial charge in [0.15, 0.2) is 5.69 Å². The number of carboxylic acid groups (broad SMARTS) is 1. The van der Waals surface area contributed by atoms with Crippen molar-refractivity contribution in [3.8, 4) is 5.75 Å². The zero-order chi connectivity index (χ0) is 10.9. The molecule has 2 N–H and O–H groups in total. The minimum absolute atomic E-state index is 0.0411. The van der Waals surface area contributed by atoms with E-state index in [9.17, 15) is 9.90 Å². The van der Waals surface area contributed by atoms with E-state index in [1.54, 1.807) is 7.05 Å². The molecule has 0 fully saturated rings. The Bertz CT molecular complexity index is 352. The third-order valence-electron chi connectivity index (χ3n) is 2.13. The molecule has 0 spiro atoms. The SMILES string of the molecule is CC(C)Cc1cc(O)c(C(=O)O)n1C. The number of nitrogens with zero attached hydrogens (tertiary/aromatic N) is 1. The summed E-state index contributed by atoms with van der Waals surface area (Å²) in [6, 6.07) is 1.52. The Hall–Kier alpha value is -1.45.